The molecule has 1 aromatic heterocycles. The van der Waals surface area contributed by atoms with E-state index in [1.807, 2.05) is 30.3 Å². The molecule has 8 heteroatoms. The third kappa shape index (κ3) is 3.80. The summed E-state index contributed by atoms with van der Waals surface area (Å²) < 4.78 is 33.1. The van der Waals surface area contributed by atoms with Gasteiger partial charge in [-0.25, -0.2) is 8.78 Å². The number of aromatic nitrogens is 2. The van der Waals surface area contributed by atoms with Crippen LogP contribution in [0, 0.1) is 0 Å². The summed E-state index contributed by atoms with van der Waals surface area (Å²) in [5.74, 6) is -2.12. The highest BCUT2D eigenvalue weighted by atomic mass is 19.3. The molecule has 2 heterocycles. The van der Waals surface area contributed by atoms with Gasteiger partial charge in [0.1, 0.15) is 11.8 Å². The standard InChI is InChI=1S/C19H22F2N4O2/c1-27-16-4-2-3-13(7-16)10-24-11-15-5-6-22-25(15)17(12-24)18(26)23-14-8-19(20,21)9-14/h2-7,14,17H,8-12H2,1H3,(H,23,26)/t17-/m1/s1. The number of carbonyl (C=O) groups excluding carboxylic acids is 1. The fourth-order valence-corrected chi connectivity index (χ4v) is 3.77. The van der Waals surface area contributed by atoms with Crippen LogP contribution in [-0.4, -0.2) is 46.2 Å². The van der Waals surface area contributed by atoms with Crippen LogP contribution in [0.25, 0.3) is 0 Å². The largest absolute Gasteiger partial charge is 0.497 e. The van der Waals surface area contributed by atoms with Crippen molar-refractivity contribution in [2.75, 3.05) is 13.7 Å². The van der Waals surface area contributed by atoms with E-state index >= 15 is 0 Å². The molecule has 1 fully saturated rings. The predicted molar refractivity (Wildman–Crippen MR) is 94.5 cm³/mol. The smallest absolute Gasteiger partial charge is 0.252 e. The van der Waals surface area contributed by atoms with Gasteiger partial charge in [-0.2, -0.15) is 5.10 Å². The second-order valence-electron chi connectivity index (χ2n) is 7.27. The maximum atomic E-state index is 13.0. The van der Waals surface area contributed by atoms with Crippen molar-refractivity contribution in [3.8, 4) is 5.75 Å². The highest BCUT2D eigenvalue weighted by Gasteiger charge is 2.46. The van der Waals surface area contributed by atoms with Gasteiger partial charge in [0.25, 0.3) is 5.92 Å². The number of methoxy groups -OCH3 is 1. The zero-order valence-electron chi connectivity index (χ0n) is 15.1. The van der Waals surface area contributed by atoms with Crippen molar-refractivity contribution in [1.29, 1.82) is 0 Å². The Morgan fingerprint density at radius 1 is 1.37 bits per heavy atom. The van der Waals surface area contributed by atoms with Gasteiger partial charge in [-0.1, -0.05) is 12.1 Å². The van der Waals surface area contributed by atoms with Crippen LogP contribution in [0.2, 0.25) is 0 Å². The van der Waals surface area contributed by atoms with E-state index in [0.717, 1.165) is 17.0 Å². The monoisotopic (exact) mass is 376 g/mol. The van der Waals surface area contributed by atoms with Gasteiger partial charge >= 0.3 is 0 Å². The Hall–Kier alpha value is -2.48. The molecule has 27 heavy (non-hydrogen) atoms. The highest BCUT2D eigenvalue weighted by Crippen LogP contribution is 2.37. The van der Waals surface area contributed by atoms with Crippen molar-refractivity contribution in [1.82, 2.24) is 20.0 Å². The molecule has 0 unspecified atom stereocenters. The van der Waals surface area contributed by atoms with E-state index in [1.54, 1.807) is 18.0 Å². The summed E-state index contributed by atoms with van der Waals surface area (Å²) in [6.07, 6.45) is 1.10. The quantitative estimate of drug-likeness (QED) is 0.870. The van der Waals surface area contributed by atoms with Crippen LogP contribution in [0.15, 0.2) is 36.5 Å². The fourth-order valence-electron chi connectivity index (χ4n) is 3.77. The zero-order valence-corrected chi connectivity index (χ0v) is 15.1. The summed E-state index contributed by atoms with van der Waals surface area (Å²) in [4.78, 5) is 14.9. The number of alkyl halides is 2. The number of nitrogens with one attached hydrogen (secondary N) is 1. The number of rotatable bonds is 5. The summed E-state index contributed by atoms with van der Waals surface area (Å²) >= 11 is 0. The molecule has 1 atom stereocenters. The van der Waals surface area contributed by atoms with E-state index < -0.39 is 18.0 Å². The molecule has 0 saturated heterocycles. The molecule has 2 aliphatic rings. The Morgan fingerprint density at radius 2 is 2.19 bits per heavy atom. The van der Waals surface area contributed by atoms with Gasteiger partial charge in [0.05, 0.1) is 12.8 Å². The maximum absolute atomic E-state index is 13.0. The number of amides is 1. The maximum Gasteiger partial charge on any atom is 0.252 e. The fraction of sp³-hybridized carbons (Fsp3) is 0.474. The average molecular weight is 376 g/mol. The third-order valence-corrected chi connectivity index (χ3v) is 5.14. The van der Waals surface area contributed by atoms with Gasteiger partial charge in [0, 0.05) is 44.7 Å². The first-order valence-electron chi connectivity index (χ1n) is 8.99. The van der Waals surface area contributed by atoms with Gasteiger partial charge in [0.15, 0.2) is 0 Å². The first-order chi connectivity index (χ1) is 12.9. The van der Waals surface area contributed by atoms with Crippen molar-refractivity contribution in [3.05, 3.63) is 47.8 Å². The lowest BCUT2D eigenvalue weighted by Crippen LogP contribution is -2.54. The molecule has 2 aromatic rings. The molecular weight excluding hydrogens is 354 g/mol. The summed E-state index contributed by atoms with van der Waals surface area (Å²) in [6.45, 7) is 1.80. The Balaban J connectivity index is 1.46. The van der Waals surface area contributed by atoms with Crippen molar-refractivity contribution in [2.45, 2.75) is 43.9 Å². The molecule has 1 aromatic carbocycles. The van der Waals surface area contributed by atoms with Gasteiger partial charge in [-0.15, -0.1) is 0 Å². The molecule has 1 saturated carbocycles. The first-order valence-corrected chi connectivity index (χ1v) is 8.99. The summed E-state index contributed by atoms with van der Waals surface area (Å²) in [7, 11) is 1.63. The minimum atomic E-state index is -2.65. The Morgan fingerprint density at radius 3 is 2.93 bits per heavy atom. The molecular formula is C19H22F2N4O2. The molecule has 0 radical (unpaired) electrons. The number of carbonyl (C=O) groups is 1. The second-order valence-corrected chi connectivity index (χ2v) is 7.27. The zero-order chi connectivity index (χ0) is 19.0. The molecule has 1 N–H and O–H groups in total. The van der Waals surface area contributed by atoms with Crippen LogP contribution in [0.5, 0.6) is 5.75 Å². The van der Waals surface area contributed by atoms with Crippen LogP contribution in [0.1, 0.15) is 30.1 Å². The number of nitrogens with zero attached hydrogens (tertiary/aromatic N) is 3. The van der Waals surface area contributed by atoms with E-state index in [0.29, 0.717) is 19.6 Å². The van der Waals surface area contributed by atoms with E-state index in [2.05, 4.69) is 15.3 Å². The lowest BCUT2D eigenvalue weighted by atomic mass is 9.88. The normalized spacial score (nSPS) is 22.0. The summed E-state index contributed by atoms with van der Waals surface area (Å²) in [6, 6.07) is 8.71. The van der Waals surface area contributed by atoms with Crippen LogP contribution in [0.3, 0.4) is 0 Å². The molecule has 0 bridgehead atoms. The first kappa shape index (κ1) is 17.9. The van der Waals surface area contributed by atoms with E-state index in [1.165, 1.54) is 0 Å². The number of fused-ring (bicyclic) bond motifs is 1. The van der Waals surface area contributed by atoms with Crippen LogP contribution in [-0.2, 0) is 17.9 Å². The van der Waals surface area contributed by atoms with Crippen molar-refractivity contribution >= 4 is 5.91 Å². The van der Waals surface area contributed by atoms with Crippen LogP contribution >= 0.6 is 0 Å². The van der Waals surface area contributed by atoms with Gasteiger partial charge in [-0.05, 0) is 23.8 Å². The molecule has 4 rings (SSSR count). The van der Waals surface area contributed by atoms with Crippen molar-refractivity contribution in [2.24, 2.45) is 0 Å². The Kier molecular flexibility index (Phi) is 4.59. The number of benzene rings is 1. The third-order valence-electron chi connectivity index (χ3n) is 5.14. The minimum Gasteiger partial charge on any atom is -0.497 e. The van der Waals surface area contributed by atoms with E-state index in [9.17, 15) is 13.6 Å². The topological polar surface area (TPSA) is 59.4 Å². The minimum absolute atomic E-state index is 0.254. The second kappa shape index (κ2) is 6.92. The molecule has 0 spiro atoms. The summed E-state index contributed by atoms with van der Waals surface area (Å²) in [5.41, 5.74) is 2.02. The van der Waals surface area contributed by atoms with Crippen molar-refractivity contribution in [3.63, 3.8) is 0 Å². The average Bonchev–Trinajstić information content (AvgIpc) is 3.08. The van der Waals surface area contributed by atoms with Crippen molar-refractivity contribution < 1.29 is 18.3 Å². The van der Waals surface area contributed by atoms with Crippen LogP contribution in [0.4, 0.5) is 8.78 Å². The van der Waals surface area contributed by atoms with Gasteiger partial charge < -0.3 is 10.1 Å². The molecule has 1 amide bonds. The molecule has 1 aliphatic carbocycles. The molecule has 1 aliphatic heterocycles. The molecule has 6 nitrogen and oxygen atoms in total. The van der Waals surface area contributed by atoms with Gasteiger partial charge in [-0.3, -0.25) is 14.4 Å². The van der Waals surface area contributed by atoms with Gasteiger partial charge in [0.2, 0.25) is 5.91 Å². The predicted octanol–water partition coefficient (Wildman–Crippen LogP) is 2.36. The van der Waals surface area contributed by atoms with E-state index in [-0.39, 0.29) is 18.7 Å². The highest BCUT2D eigenvalue weighted by molar-refractivity contribution is 5.81. The number of hydrogen-bond donors (Lipinski definition) is 1. The summed E-state index contributed by atoms with van der Waals surface area (Å²) in [5, 5.41) is 7.02. The van der Waals surface area contributed by atoms with E-state index in [4.69, 9.17) is 4.74 Å². The lowest BCUT2D eigenvalue weighted by molar-refractivity contribution is -0.133. The number of hydrogen-bond acceptors (Lipinski definition) is 4. The number of ether oxygens (including phenoxy) is 1. The molecule has 144 valence electrons. The lowest BCUT2D eigenvalue weighted by Gasteiger charge is -2.38. The Bertz CT molecular complexity index is 831. The SMILES string of the molecule is COc1cccc(CN2Cc3ccnn3[C@@H](C(=O)NC3CC(F)(F)C3)C2)c1. The van der Waals surface area contributed by atoms with Crippen LogP contribution < -0.4 is 10.1 Å². The number of halogens is 2. The Labute approximate surface area is 156 Å².